The third kappa shape index (κ3) is 3.52. The molecular formula is C19H22N2O4. The molecule has 0 radical (unpaired) electrons. The lowest BCUT2D eigenvalue weighted by atomic mass is 9.89. The van der Waals surface area contributed by atoms with Crippen LogP contribution in [0.2, 0.25) is 0 Å². The Hall–Kier alpha value is -2.76. The number of methoxy groups -OCH3 is 1. The van der Waals surface area contributed by atoms with Crippen molar-refractivity contribution in [1.82, 2.24) is 10.3 Å². The van der Waals surface area contributed by atoms with Crippen LogP contribution in [0.15, 0.2) is 35.3 Å². The average molecular weight is 342 g/mol. The van der Waals surface area contributed by atoms with Gasteiger partial charge < -0.3 is 19.8 Å². The van der Waals surface area contributed by atoms with Crippen LogP contribution in [0.25, 0.3) is 0 Å². The summed E-state index contributed by atoms with van der Waals surface area (Å²) in [6, 6.07) is 6.99. The van der Waals surface area contributed by atoms with Gasteiger partial charge in [-0.2, -0.15) is 0 Å². The minimum atomic E-state index is -0.397. The van der Waals surface area contributed by atoms with Gasteiger partial charge in [-0.1, -0.05) is 12.1 Å². The first-order valence-electron chi connectivity index (χ1n) is 8.16. The number of pyridine rings is 1. The lowest BCUT2D eigenvalue weighted by molar-refractivity contribution is 0.0617. The molecule has 6 heteroatoms. The van der Waals surface area contributed by atoms with E-state index in [0.29, 0.717) is 6.42 Å². The third-order valence-electron chi connectivity index (χ3n) is 4.27. The average Bonchev–Trinajstić information content (AvgIpc) is 2.53. The molecule has 132 valence electrons. The molecule has 0 saturated carbocycles. The number of hydrogen-bond acceptors (Lipinski definition) is 4. The molecule has 1 atom stereocenters. The molecule has 2 aromatic rings. The van der Waals surface area contributed by atoms with Gasteiger partial charge in [-0.15, -0.1) is 0 Å². The first kappa shape index (κ1) is 17.1. The smallest absolute Gasteiger partial charge is 0.268 e. The number of ether oxygens (including phenoxy) is 2. The topological polar surface area (TPSA) is 80.4 Å². The van der Waals surface area contributed by atoms with Crippen LogP contribution in [-0.4, -0.2) is 23.6 Å². The number of carbonyl (C=O) groups excluding carboxylic acids is 1. The van der Waals surface area contributed by atoms with Gasteiger partial charge in [0.05, 0.1) is 13.2 Å². The summed E-state index contributed by atoms with van der Waals surface area (Å²) in [5, 5.41) is 3.00. The molecule has 0 fully saturated rings. The molecule has 1 aliphatic rings. The Morgan fingerprint density at radius 1 is 1.36 bits per heavy atom. The summed E-state index contributed by atoms with van der Waals surface area (Å²) in [6.07, 6.45) is 2.03. The molecule has 2 N–H and O–H groups in total. The number of hydrogen-bond donors (Lipinski definition) is 2. The number of fused-ring (bicyclic) bond motifs is 1. The molecule has 0 spiro atoms. The van der Waals surface area contributed by atoms with Gasteiger partial charge in [0.1, 0.15) is 17.0 Å². The minimum absolute atomic E-state index is 0.171. The van der Waals surface area contributed by atoms with Crippen LogP contribution in [-0.2, 0) is 0 Å². The predicted octanol–water partition coefficient (Wildman–Crippen LogP) is 2.72. The van der Waals surface area contributed by atoms with E-state index in [-0.39, 0.29) is 28.8 Å². The maximum atomic E-state index is 12.6. The van der Waals surface area contributed by atoms with Crippen molar-refractivity contribution in [3.8, 4) is 11.5 Å². The van der Waals surface area contributed by atoms with Gasteiger partial charge in [0, 0.05) is 24.2 Å². The molecule has 1 amide bonds. The zero-order valence-corrected chi connectivity index (χ0v) is 14.8. The van der Waals surface area contributed by atoms with Gasteiger partial charge in [-0.05, 0) is 32.4 Å². The van der Waals surface area contributed by atoms with Crippen LogP contribution in [0.3, 0.4) is 0 Å². The van der Waals surface area contributed by atoms with Crippen LogP contribution in [0.5, 0.6) is 11.5 Å². The molecule has 3 rings (SSSR count). The highest BCUT2D eigenvalue weighted by Gasteiger charge is 2.34. The van der Waals surface area contributed by atoms with E-state index in [2.05, 4.69) is 10.3 Å². The Morgan fingerprint density at radius 2 is 2.12 bits per heavy atom. The highest BCUT2D eigenvalue weighted by molar-refractivity contribution is 5.92. The second-order valence-electron chi connectivity index (χ2n) is 6.91. The van der Waals surface area contributed by atoms with Crippen molar-refractivity contribution in [3.63, 3.8) is 0 Å². The van der Waals surface area contributed by atoms with Crippen molar-refractivity contribution in [1.29, 1.82) is 0 Å². The number of rotatable bonds is 3. The monoisotopic (exact) mass is 342 g/mol. The fourth-order valence-electron chi connectivity index (χ4n) is 3.07. The zero-order chi connectivity index (χ0) is 18.2. The molecule has 0 bridgehead atoms. The van der Waals surface area contributed by atoms with Gasteiger partial charge in [-0.3, -0.25) is 9.59 Å². The van der Waals surface area contributed by atoms with Crippen molar-refractivity contribution >= 4 is 5.91 Å². The summed E-state index contributed by atoms with van der Waals surface area (Å²) in [7, 11) is 1.41. The summed E-state index contributed by atoms with van der Waals surface area (Å²) in [6.45, 7) is 5.99. The third-order valence-corrected chi connectivity index (χ3v) is 4.27. The number of aryl methyl sites for hydroxylation is 1. The van der Waals surface area contributed by atoms with E-state index >= 15 is 0 Å². The van der Waals surface area contributed by atoms with Crippen LogP contribution < -0.4 is 20.2 Å². The summed E-state index contributed by atoms with van der Waals surface area (Å²) in [4.78, 5) is 27.3. The van der Waals surface area contributed by atoms with Gasteiger partial charge in [0.25, 0.3) is 5.91 Å². The Balaban J connectivity index is 1.88. The largest absolute Gasteiger partial charge is 0.491 e. The molecule has 2 heterocycles. The first-order chi connectivity index (χ1) is 11.8. The fourth-order valence-corrected chi connectivity index (χ4v) is 3.07. The molecule has 1 aromatic heterocycles. The van der Waals surface area contributed by atoms with Crippen molar-refractivity contribution in [2.75, 3.05) is 7.11 Å². The maximum absolute atomic E-state index is 12.6. The van der Waals surface area contributed by atoms with E-state index in [9.17, 15) is 9.59 Å². The highest BCUT2D eigenvalue weighted by atomic mass is 16.5. The molecule has 25 heavy (non-hydrogen) atoms. The van der Waals surface area contributed by atoms with Gasteiger partial charge in [-0.25, -0.2) is 0 Å². The summed E-state index contributed by atoms with van der Waals surface area (Å²) < 4.78 is 11.0. The lowest BCUT2D eigenvalue weighted by Crippen LogP contribution is -2.41. The summed E-state index contributed by atoms with van der Waals surface area (Å²) in [5.74, 6) is 0.614. The van der Waals surface area contributed by atoms with Crippen molar-refractivity contribution in [2.24, 2.45) is 0 Å². The van der Waals surface area contributed by atoms with E-state index in [4.69, 9.17) is 9.47 Å². The number of aromatic amines is 1. The number of amides is 1. The van der Waals surface area contributed by atoms with E-state index in [0.717, 1.165) is 16.9 Å². The quantitative estimate of drug-likeness (QED) is 0.899. The predicted molar refractivity (Wildman–Crippen MR) is 94.3 cm³/mol. The Morgan fingerprint density at radius 3 is 2.80 bits per heavy atom. The van der Waals surface area contributed by atoms with Gasteiger partial charge in [0.15, 0.2) is 5.75 Å². The van der Waals surface area contributed by atoms with E-state index in [1.54, 1.807) is 0 Å². The maximum Gasteiger partial charge on any atom is 0.268 e. The molecule has 0 saturated heterocycles. The Bertz CT molecular complexity index is 870. The molecule has 1 aliphatic heterocycles. The number of aromatic nitrogens is 1. The molecule has 0 aliphatic carbocycles. The lowest BCUT2D eigenvalue weighted by Gasteiger charge is -2.38. The SMILES string of the molecule is COc1c[nH]c(C(=O)N[C@@H]2CC(C)(C)Oc3cc(C)ccc32)cc1=O. The van der Waals surface area contributed by atoms with Gasteiger partial charge >= 0.3 is 0 Å². The molecular weight excluding hydrogens is 320 g/mol. The second kappa shape index (κ2) is 6.27. The second-order valence-corrected chi connectivity index (χ2v) is 6.91. The van der Waals surface area contributed by atoms with E-state index in [1.807, 2.05) is 39.0 Å². The van der Waals surface area contributed by atoms with Crippen LogP contribution in [0.1, 0.15) is 47.9 Å². The number of H-pyrrole nitrogens is 1. The normalized spacial score (nSPS) is 18.0. The van der Waals surface area contributed by atoms with Crippen molar-refractivity contribution in [2.45, 2.75) is 38.8 Å². The minimum Gasteiger partial charge on any atom is -0.491 e. The molecule has 6 nitrogen and oxygen atoms in total. The Kier molecular flexibility index (Phi) is 4.29. The van der Waals surface area contributed by atoms with E-state index < -0.39 is 5.60 Å². The van der Waals surface area contributed by atoms with Crippen LogP contribution in [0, 0.1) is 6.92 Å². The number of nitrogens with one attached hydrogen (secondary N) is 2. The van der Waals surface area contributed by atoms with Crippen molar-refractivity contribution < 1.29 is 14.3 Å². The van der Waals surface area contributed by atoms with Crippen molar-refractivity contribution in [3.05, 3.63) is 57.5 Å². The summed E-state index contributed by atoms with van der Waals surface area (Å²) >= 11 is 0. The van der Waals surface area contributed by atoms with Crippen LogP contribution in [0.4, 0.5) is 0 Å². The Labute approximate surface area is 146 Å². The number of carbonyl (C=O) groups is 1. The first-order valence-corrected chi connectivity index (χ1v) is 8.16. The van der Waals surface area contributed by atoms with Crippen LogP contribution >= 0.6 is 0 Å². The molecule has 1 aromatic carbocycles. The summed E-state index contributed by atoms with van der Waals surface area (Å²) in [5.41, 5.74) is 1.50. The fraction of sp³-hybridized carbons (Fsp3) is 0.368. The molecule has 0 unspecified atom stereocenters. The van der Waals surface area contributed by atoms with Gasteiger partial charge in [0.2, 0.25) is 5.43 Å². The number of benzene rings is 1. The standard InChI is InChI=1S/C19H22N2O4/c1-11-5-6-12-14(9-19(2,3)25-16(12)7-11)21-18(23)13-8-15(22)17(24-4)10-20-13/h5-8,10,14H,9H2,1-4H3,(H,20,22)(H,21,23)/t14-/m1/s1. The van der Waals surface area contributed by atoms with E-state index in [1.165, 1.54) is 19.4 Å². The highest BCUT2D eigenvalue weighted by Crippen LogP contribution is 2.39. The zero-order valence-electron chi connectivity index (χ0n) is 14.8.